The third kappa shape index (κ3) is 2.39. The summed E-state index contributed by atoms with van der Waals surface area (Å²) >= 11 is 0. The van der Waals surface area contributed by atoms with E-state index in [2.05, 4.69) is 21.8 Å². The first-order valence-electron chi connectivity index (χ1n) is 4.37. The third-order valence-corrected chi connectivity index (χ3v) is 2.12. The summed E-state index contributed by atoms with van der Waals surface area (Å²) in [6.45, 7) is 4.57. The van der Waals surface area contributed by atoms with Crippen molar-refractivity contribution in [1.82, 2.24) is 9.97 Å². The predicted octanol–water partition coefficient (Wildman–Crippen LogP) is 0.568. The number of nitrogens with zero attached hydrogens (tertiary/aromatic N) is 3. The third-order valence-electron chi connectivity index (χ3n) is 2.12. The van der Waals surface area contributed by atoms with Crippen LogP contribution in [0.15, 0.2) is 12.3 Å². The molecule has 1 aromatic heterocycles. The van der Waals surface area contributed by atoms with E-state index in [1.165, 1.54) is 0 Å². The van der Waals surface area contributed by atoms with Crippen LogP contribution in [-0.4, -0.2) is 29.6 Å². The first-order valence-corrected chi connectivity index (χ1v) is 4.37. The van der Waals surface area contributed by atoms with Crippen molar-refractivity contribution in [3.05, 3.63) is 18.1 Å². The maximum absolute atomic E-state index is 5.56. The van der Waals surface area contributed by atoms with Crippen LogP contribution >= 0.6 is 0 Å². The summed E-state index contributed by atoms with van der Waals surface area (Å²) in [5.74, 6) is 1.71. The zero-order valence-electron chi connectivity index (χ0n) is 8.36. The monoisotopic (exact) mass is 180 g/mol. The molecule has 0 bridgehead atoms. The molecule has 1 aromatic rings. The highest BCUT2D eigenvalue weighted by Gasteiger charge is 2.08. The van der Waals surface area contributed by atoms with Gasteiger partial charge in [-0.2, -0.15) is 0 Å². The Morgan fingerprint density at radius 2 is 2.31 bits per heavy atom. The second-order valence-corrected chi connectivity index (χ2v) is 3.16. The van der Waals surface area contributed by atoms with E-state index in [0.717, 1.165) is 11.6 Å². The van der Waals surface area contributed by atoms with Crippen LogP contribution in [0.3, 0.4) is 0 Å². The van der Waals surface area contributed by atoms with Crippen molar-refractivity contribution >= 4 is 5.82 Å². The molecule has 72 valence electrons. The van der Waals surface area contributed by atoms with Gasteiger partial charge in [-0.3, -0.25) is 0 Å². The maximum Gasteiger partial charge on any atom is 0.132 e. The summed E-state index contributed by atoms with van der Waals surface area (Å²) in [6.07, 6.45) is 1.76. The van der Waals surface area contributed by atoms with Gasteiger partial charge in [-0.05, 0) is 19.9 Å². The highest BCUT2D eigenvalue weighted by atomic mass is 15.2. The lowest BCUT2D eigenvalue weighted by Gasteiger charge is -2.24. The van der Waals surface area contributed by atoms with Gasteiger partial charge in [0.2, 0.25) is 0 Å². The molecular formula is C9H16N4. The van der Waals surface area contributed by atoms with E-state index in [4.69, 9.17) is 5.73 Å². The Labute approximate surface area is 78.8 Å². The van der Waals surface area contributed by atoms with Crippen LogP contribution in [0.25, 0.3) is 0 Å². The molecule has 0 spiro atoms. The van der Waals surface area contributed by atoms with Gasteiger partial charge in [-0.25, -0.2) is 9.97 Å². The molecule has 2 N–H and O–H groups in total. The average molecular weight is 180 g/mol. The lowest BCUT2D eigenvalue weighted by molar-refractivity contribution is 0.685. The number of nitrogens with two attached hydrogens (primary N) is 1. The van der Waals surface area contributed by atoms with Gasteiger partial charge < -0.3 is 10.6 Å². The zero-order valence-corrected chi connectivity index (χ0v) is 8.36. The molecule has 1 unspecified atom stereocenters. The van der Waals surface area contributed by atoms with E-state index < -0.39 is 0 Å². The van der Waals surface area contributed by atoms with Gasteiger partial charge in [0.05, 0.1) is 0 Å². The summed E-state index contributed by atoms with van der Waals surface area (Å²) < 4.78 is 0. The van der Waals surface area contributed by atoms with E-state index >= 15 is 0 Å². The molecule has 4 heteroatoms. The Bertz CT molecular complexity index is 274. The molecule has 0 aliphatic heterocycles. The van der Waals surface area contributed by atoms with E-state index in [1.54, 1.807) is 6.20 Å². The second-order valence-electron chi connectivity index (χ2n) is 3.16. The summed E-state index contributed by atoms with van der Waals surface area (Å²) in [4.78, 5) is 10.4. The second kappa shape index (κ2) is 4.18. The van der Waals surface area contributed by atoms with Crippen molar-refractivity contribution in [3.8, 4) is 0 Å². The fraction of sp³-hybridized carbons (Fsp3) is 0.556. The van der Waals surface area contributed by atoms with Crippen LogP contribution in [0.4, 0.5) is 5.82 Å². The van der Waals surface area contributed by atoms with Crippen LogP contribution < -0.4 is 10.6 Å². The minimum Gasteiger partial charge on any atom is -0.356 e. The van der Waals surface area contributed by atoms with Crippen LogP contribution in [0, 0.1) is 6.92 Å². The summed E-state index contributed by atoms with van der Waals surface area (Å²) in [5, 5.41) is 0. The molecule has 13 heavy (non-hydrogen) atoms. The van der Waals surface area contributed by atoms with Gasteiger partial charge in [-0.15, -0.1) is 0 Å². The van der Waals surface area contributed by atoms with Crippen molar-refractivity contribution in [3.63, 3.8) is 0 Å². The summed E-state index contributed by atoms with van der Waals surface area (Å²) in [5.41, 5.74) is 5.56. The van der Waals surface area contributed by atoms with Crippen LogP contribution in [0.1, 0.15) is 12.7 Å². The number of aryl methyl sites for hydroxylation is 1. The largest absolute Gasteiger partial charge is 0.356 e. The fourth-order valence-electron chi connectivity index (χ4n) is 1.02. The molecule has 1 atom stereocenters. The van der Waals surface area contributed by atoms with Gasteiger partial charge in [0.1, 0.15) is 11.6 Å². The molecule has 0 saturated heterocycles. The van der Waals surface area contributed by atoms with E-state index in [0.29, 0.717) is 12.6 Å². The molecule has 0 fully saturated rings. The van der Waals surface area contributed by atoms with Crippen molar-refractivity contribution in [2.75, 3.05) is 18.5 Å². The van der Waals surface area contributed by atoms with Gasteiger partial charge >= 0.3 is 0 Å². The predicted molar refractivity (Wildman–Crippen MR) is 53.7 cm³/mol. The summed E-state index contributed by atoms with van der Waals surface area (Å²) in [7, 11) is 1.99. The zero-order chi connectivity index (χ0) is 9.84. The quantitative estimate of drug-likeness (QED) is 0.738. The highest BCUT2D eigenvalue weighted by Crippen LogP contribution is 2.09. The first-order chi connectivity index (χ1) is 6.15. The molecule has 4 nitrogen and oxygen atoms in total. The molecular weight excluding hydrogens is 164 g/mol. The minimum absolute atomic E-state index is 0.300. The van der Waals surface area contributed by atoms with Gasteiger partial charge in [0.25, 0.3) is 0 Å². The SMILES string of the molecule is Cc1nccc(N(C)C(C)CN)n1. The van der Waals surface area contributed by atoms with Crippen molar-refractivity contribution in [2.45, 2.75) is 19.9 Å². The lowest BCUT2D eigenvalue weighted by Crippen LogP contribution is -2.35. The number of hydrogen-bond donors (Lipinski definition) is 1. The number of likely N-dealkylation sites (N-methyl/N-ethyl adjacent to an activating group) is 1. The van der Waals surface area contributed by atoms with Gasteiger partial charge in [-0.1, -0.05) is 0 Å². The first kappa shape index (κ1) is 9.92. The standard InChI is InChI=1S/C9H16N4/c1-7(6-10)13(3)9-4-5-11-8(2)12-9/h4-5,7H,6,10H2,1-3H3. The number of hydrogen-bond acceptors (Lipinski definition) is 4. The fourth-order valence-corrected chi connectivity index (χ4v) is 1.02. The number of rotatable bonds is 3. The van der Waals surface area contributed by atoms with E-state index in [1.807, 2.05) is 20.0 Å². The number of anilines is 1. The Balaban J connectivity index is 2.82. The Morgan fingerprint density at radius 3 is 2.85 bits per heavy atom. The van der Waals surface area contributed by atoms with Gasteiger partial charge in [0.15, 0.2) is 0 Å². The van der Waals surface area contributed by atoms with E-state index in [-0.39, 0.29) is 0 Å². The van der Waals surface area contributed by atoms with Crippen molar-refractivity contribution in [2.24, 2.45) is 5.73 Å². The molecule has 0 saturated carbocycles. The lowest BCUT2D eigenvalue weighted by atomic mass is 10.3. The topological polar surface area (TPSA) is 55.0 Å². The molecule has 0 aliphatic carbocycles. The van der Waals surface area contributed by atoms with Crippen LogP contribution in [0.5, 0.6) is 0 Å². The Morgan fingerprint density at radius 1 is 1.62 bits per heavy atom. The average Bonchev–Trinajstić information content (AvgIpc) is 2.15. The molecule has 1 heterocycles. The van der Waals surface area contributed by atoms with Gasteiger partial charge in [0, 0.05) is 25.8 Å². The van der Waals surface area contributed by atoms with Crippen LogP contribution in [0.2, 0.25) is 0 Å². The minimum atomic E-state index is 0.300. The Kier molecular flexibility index (Phi) is 3.19. The highest BCUT2D eigenvalue weighted by molar-refractivity contribution is 5.37. The smallest absolute Gasteiger partial charge is 0.132 e. The normalized spacial score (nSPS) is 12.6. The van der Waals surface area contributed by atoms with Crippen LogP contribution in [-0.2, 0) is 0 Å². The molecule has 0 radical (unpaired) electrons. The summed E-state index contributed by atoms with van der Waals surface area (Å²) in [6, 6.07) is 2.19. The number of aromatic nitrogens is 2. The van der Waals surface area contributed by atoms with Crippen molar-refractivity contribution in [1.29, 1.82) is 0 Å². The maximum atomic E-state index is 5.56. The Hall–Kier alpha value is -1.16. The molecule has 0 aromatic carbocycles. The van der Waals surface area contributed by atoms with E-state index in [9.17, 15) is 0 Å². The molecule has 1 rings (SSSR count). The van der Waals surface area contributed by atoms with Crippen molar-refractivity contribution < 1.29 is 0 Å². The molecule has 0 amide bonds. The molecule has 0 aliphatic rings.